The van der Waals surface area contributed by atoms with E-state index in [0.717, 1.165) is 17.8 Å². The van der Waals surface area contributed by atoms with Gasteiger partial charge in [-0.25, -0.2) is 0 Å². The van der Waals surface area contributed by atoms with E-state index in [4.69, 9.17) is 16.3 Å². The zero-order valence-electron chi connectivity index (χ0n) is 15.1. The number of aromatic nitrogens is 2. The fourth-order valence-corrected chi connectivity index (χ4v) is 3.15. The smallest absolute Gasteiger partial charge is 0.234 e. The van der Waals surface area contributed by atoms with Gasteiger partial charge in [0, 0.05) is 38.5 Å². The third-order valence-corrected chi connectivity index (χ3v) is 4.59. The van der Waals surface area contributed by atoms with Crippen molar-refractivity contribution in [2.24, 2.45) is 0 Å². The standard InChI is InChI=1S/C19H23ClN4O2/c1-23(2)17-11-21-12-18(22-17)26-16-8-9-24(13-16)19(25)7-6-14-4-3-5-15(20)10-14/h3-5,10-12,16H,6-9,13H2,1-2H3. The van der Waals surface area contributed by atoms with Crippen LogP contribution in [0.3, 0.4) is 0 Å². The van der Waals surface area contributed by atoms with Gasteiger partial charge in [-0.1, -0.05) is 23.7 Å². The molecule has 1 amide bonds. The zero-order chi connectivity index (χ0) is 18.5. The van der Waals surface area contributed by atoms with E-state index in [1.54, 1.807) is 12.4 Å². The molecule has 6 nitrogen and oxygen atoms in total. The van der Waals surface area contributed by atoms with Gasteiger partial charge in [0.1, 0.15) is 6.10 Å². The number of aryl methyl sites for hydroxylation is 1. The van der Waals surface area contributed by atoms with Crippen LogP contribution in [-0.4, -0.2) is 54.1 Å². The van der Waals surface area contributed by atoms with Crippen molar-refractivity contribution in [3.05, 3.63) is 47.2 Å². The molecular weight excluding hydrogens is 352 g/mol. The quantitative estimate of drug-likeness (QED) is 0.778. The number of rotatable bonds is 6. The van der Waals surface area contributed by atoms with Crippen LogP contribution in [-0.2, 0) is 11.2 Å². The molecule has 3 rings (SSSR count). The van der Waals surface area contributed by atoms with Crippen LogP contribution in [0, 0.1) is 0 Å². The van der Waals surface area contributed by atoms with Crippen molar-refractivity contribution in [2.75, 3.05) is 32.1 Å². The van der Waals surface area contributed by atoms with Gasteiger partial charge in [-0.3, -0.25) is 9.78 Å². The lowest BCUT2D eigenvalue weighted by molar-refractivity contribution is -0.130. The summed E-state index contributed by atoms with van der Waals surface area (Å²) in [5, 5.41) is 0.700. The molecule has 26 heavy (non-hydrogen) atoms. The lowest BCUT2D eigenvalue weighted by Gasteiger charge is -2.17. The molecular formula is C19H23ClN4O2. The Balaban J connectivity index is 1.50. The zero-order valence-corrected chi connectivity index (χ0v) is 15.8. The fourth-order valence-electron chi connectivity index (χ4n) is 2.93. The highest BCUT2D eigenvalue weighted by atomic mass is 35.5. The summed E-state index contributed by atoms with van der Waals surface area (Å²) in [5.41, 5.74) is 1.08. The summed E-state index contributed by atoms with van der Waals surface area (Å²) in [6.07, 6.45) is 5.22. The Morgan fingerprint density at radius 2 is 2.23 bits per heavy atom. The van der Waals surface area contributed by atoms with Crippen molar-refractivity contribution in [3.8, 4) is 5.88 Å². The molecule has 0 N–H and O–H groups in total. The Morgan fingerprint density at radius 3 is 3.00 bits per heavy atom. The first-order valence-electron chi connectivity index (χ1n) is 8.69. The van der Waals surface area contributed by atoms with Gasteiger partial charge < -0.3 is 14.5 Å². The van der Waals surface area contributed by atoms with Gasteiger partial charge >= 0.3 is 0 Å². The van der Waals surface area contributed by atoms with Gasteiger partial charge in [-0.05, 0) is 24.1 Å². The third kappa shape index (κ3) is 4.85. The van der Waals surface area contributed by atoms with Crippen LogP contribution in [0.4, 0.5) is 5.82 Å². The number of carbonyl (C=O) groups is 1. The number of carbonyl (C=O) groups excluding carboxylic acids is 1. The van der Waals surface area contributed by atoms with E-state index in [0.29, 0.717) is 36.8 Å². The van der Waals surface area contributed by atoms with Crippen molar-refractivity contribution in [2.45, 2.75) is 25.4 Å². The van der Waals surface area contributed by atoms with Gasteiger partial charge in [0.05, 0.1) is 18.9 Å². The van der Waals surface area contributed by atoms with Crippen molar-refractivity contribution in [1.29, 1.82) is 0 Å². The summed E-state index contributed by atoms with van der Waals surface area (Å²) >= 11 is 5.99. The van der Waals surface area contributed by atoms with Crippen LogP contribution in [0.1, 0.15) is 18.4 Å². The first-order valence-corrected chi connectivity index (χ1v) is 9.07. The first kappa shape index (κ1) is 18.5. The second-order valence-corrected chi connectivity index (χ2v) is 7.04. The number of benzene rings is 1. The minimum Gasteiger partial charge on any atom is -0.471 e. The number of likely N-dealkylation sites (tertiary alicyclic amines) is 1. The number of halogens is 1. The summed E-state index contributed by atoms with van der Waals surface area (Å²) < 4.78 is 5.91. The average Bonchev–Trinajstić information content (AvgIpc) is 3.08. The second-order valence-electron chi connectivity index (χ2n) is 6.61. The molecule has 7 heteroatoms. The van der Waals surface area contributed by atoms with Gasteiger partial charge in [0.25, 0.3) is 0 Å². The van der Waals surface area contributed by atoms with Crippen molar-refractivity contribution >= 4 is 23.3 Å². The number of hydrogen-bond acceptors (Lipinski definition) is 5. The maximum atomic E-state index is 12.4. The molecule has 0 bridgehead atoms. The summed E-state index contributed by atoms with van der Waals surface area (Å²) in [6, 6.07) is 7.64. The lowest BCUT2D eigenvalue weighted by atomic mass is 10.1. The summed E-state index contributed by atoms with van der Waals surface area (Å²) in [5.74, 6) is 1.38. The predicted octanol–water partition coefficient (Wildman–Crippen LogP) is 2.81. The molecule has 1 aromatic carbocycles. The van der Waals surface area contributed by atoms with E-state index in [-0.39, 0.29) is 12.0 Å². The highest BCUT2D eigenvalue weighted by Gasteiger charge is 2.27. The van der Waals surface area contributed by atoms with Crippen LogP contribution in [0.2, 0.25) is 5.02 Å². The van der Waals surface area contributed by atoms with Gasteiger partial charge in [-0.15, -0.1) is 0 Å². The maximum Gasteiger partial charge on any atom is 0.234 e. The minimum absolute atomic E-state index is 0.0446. The molecule has 1 unspecified atom stereocenters. The normalized spacial score (nSPS) is 16.6. The van der Waals surface area contributed by atoms with Crippen LogP contribution in [0.25, 0.3) is 0 Å². The predicted molar refractivity (Wildman–Crippen MR) is 102 cm³/mol. The van der Waals surface area contributed by atoms with Crippen LogP contribution in [0.15, 0.2) is 36.7 Å². The molecule has 1 atom stereocenters. The van der Waals surface area contributed by atoms with E-state index < -0.39 is 0 Å². The number of amides is 1. The van der Waals surface area contributed by atoms with Crippen molar-refractivity contribution in [3.63, 3.8) is 0 Å². The Hall–Kier alpha value is -2.34. The molecule has 0 radical (unpaired) electrons. The molecule has 0 aliphatic carbocycles. The third-order valence-electron chi connectivity index (χ3n) is 4.36. The number of anilines is 1. The lowest BCUT2D eigenvalue weighted by Crippen LogP contribution is -2.31. The van der Waals surface area contributed by atoms with Crippen LogP contribution in [0.5, 0.6) is 5.88 Å². The molecule has 0 saturated carbocycles. The van der Waals surface area contributed by atoms with Gasteiger partial charge in [0.2, 0.25) is 11.8 Å². The Bertz CT molecular complexity index is 769. The van der Waals surface area contributed by atoms with Gasteiger partial charge in [0.15, 0.2) is 5.82 Å². The van der Waals surface area contributed by atoms with E-state index >= 15 is 0 Å². The summed E-state index contributed by atoms with van der Waals surface area (Å²) in [7, 11) is 3.81. The molecule has 1 aliphatic heterocycles. The largest absolute Gasteiger partial charge is 0.471 e. The number of hydrogen-bond donors (Lipinski definition) is 0. The average molecular weight is 375 g/mol. The van der Waals surface area contributed by atoms with E-state index in [2.05, 4.69) is 9.97 Å². The number of ether oxygens (including phenoxy) is 1. The monoisotopic (exact) mass is 374 g/mol. The number of nitrogens with zero attached hydrogens (tertiary/aromatic N) is 4. The summed E-state index contributed by atoms with van der Waals surface area (Å²) in [4.78, 5) is 24.7. The van der Waals surface area contributed by atoms with E-state index in [1.807, 2.05) is 48.2 Å². The van der Waals surface area contributed by atoms with Crippen LogP contribution < -0.4 is 9.64 Å². The molecule has 0 spiro atoms. The Morgan fingerprint density at radius 1 is 1.38 bits per heavy atom. The Labute approximate surface area is 158 Å². The minimum atomic E-state index is -0.0446. The highest BCUT2D eigenvalue weighted by molar-refractivity contribution is 6.30. The molecule has 1 aliphatic rings. The molecule has 1 aromatic heterocycles. The molecule has 2 heterocycles. The van der Waals surface area contributed by atoms with Crippen molar-refractivity contribution < 1.29 is 9.53 Å². The van der Waals surface area contributed by atoms with Crippen molar-refractivity contribution in [1.82, 2.24) is 14.9 Å². The topological polar surface area (TPSA) is 58.6 Å². The van der Waals surface area contributed by atoms with E-state index in [9.17, 15) is 4.79 Å². The molecule has 1 fully saturated rings. The fraction of sp³-hybridized carbons (Fsp3) is 0.421. The van der Waals surface area contributed by atoms with Gasteiger partial charge in [-0.2, -0.15) is 4.98 Å². The highest BCUT2D eigenvalue weighted by Crippen LogP contribution is 2.19. The molecule has 2 aromatic rings. The van der Waals surface area contributed by atoms with E-state index in [1.165, 1.54) is 0 Å². The second kappa shape index (κ2) is 8.36. The molecule has 1 saturated heterocycles. The SMILES string of the molecule is CN(C)c1cncc(OC2CCN(C(=O)CCc3cccc(Cl)c3)C2)n1. The Kier molecular flexibility index (Phi) is 5.93. The maximum absolute atomic E-state index is 12.4. The molecule has 138 valence electrons. The first-order chi connectivity index (χ1) is 12.5. The van der Waals surface area contributed by atoms with Crippen LogP contribution >= 0.6 is 11.6 Å². The summed E-state index contributed by atoms with van der Waals surface area (Å²) in [6.45, 7) is 1.29.